The standard InChI is InChI=1S/C16H18O7/c1-7-16(21)14(20)12-9(3-2-4-10(12)17)13(19)15(16)6-8(22-7)5-11(18)23-15/h2-4,7-8,13-14,17,19-21H,5-6H2,1H3. The predicted molar refractivity (Wildman–Crippen MR) is 75.4 cm³/mol. The molecule has 2 heterocycles. The molecule has 7 heteroatoms. The zero-order valence-electron chi connectivity index (χ0n) is 12.5. The van der Waals surface area contributed by atoms with Gasteiger partial charge in [0.2, 0.25) is 0 Å². The fourth-order valence-corrected chi connectivity index (χ4v) is 4.38. The lowest BCUT2D eigenvalue weighted by molar-refractivity contribution is -0.347. The summed E-state index contributed by atoms with van der Waals surface area (Å²) in [7, 11) is 0. The number of phenols is 1. The molecule has 4 rings (SSSR count). The fourth-order valence-electron chi connectivity index (χ4n) is 4.38. The average Bonchev–Trinajstić information content (AvgIpc) is 2.49. The molecule has 7 nitrogen and oxygen atoms in total. The normalized spacial score (nSPS) is 45.0. The minimum atomic E-state index is -2.06. The zero-order chi connectivity index (χ0) is 16.6. The maximum Gasteiger partial charge on any atom is 0.309 e. The molecule has 1 spiro atoms. The first kappa shape index (κ1) is 14.9. The van der Waals surface area contributed by atoms with Gasteiger partial charge >= 0.3 is 5.97 Å². The molecule has 1 aromatic rings. The van der Waals surface area contributed by atoms with E-state index in [1.165, 1.54) is 18.2 Å². The Morgan fingerprint density at radius 1 is 1.26 bits per heavy atom. The Bertz CT molecular complexity index is 689. The summed E-state index contributed by atoms with van der Waals surface area (Å²) in [4.78, 5) is 12.0. The lowest BCUT2D eigenvalue weighted by Gasteiger charge is -2.61. The van der Waals surface area contributed by atoms with Crippen LogP contribution in [0.2, 0.25) is 0 Å². The molecule has 124 valence electrons. The number of phenolic OH excluding ortho intramolecular Hbond substituents is 1. The van der Waals surface area contributed by atoms with Gasteiger partial charge in [0.15, 0.2) is 11.2 Å². The molecule has 0 aromatic heterocycles. The van der Waals surface area contributed by atoms with Crippen LogP contribution in [0.25, 0.3) is 0 Å². The summed E-state index contributed by atoms with van der Waals surface area (Å²) >= 11 is 0. The minimum absolute atomic E-state index is 0.0312. The van der Waals surface area contributed by atoms with E-state index in [1.54, 1.807) is 6.92 Å². The molecule has 0 saturated carbocycles. The predicted octanol–water partition coefficient (Wildman–Crippen LogP) is 0.0668. The van der Waals surface area contributed by atoms with Crippen LogP contribution in [0, 0.1) is 0 Å². The monoisotopic (exact) mass is 322 g/mol. The van der Waals surface area contributed by atoms with Crippen molar-refractivity contribution in [1.82, 2.24) is 0 Å². The molecule has 1 aliphatic carbocycles. The molecule has 2 bridgehead atoms. The lowest BCUT2D eigenvalue weighted by atomic mass is 9.59. The van der Waals surface area contributed by atoms with E-state index in [-0.39, 0.29) is 29.7 Å². The Balaban J connectivity index is 1.99. The number of fused-ring (bicyclic) bond motifs is 2. The Hall–Kier alpha value is -1.67. The number of hydrogen-bond acceptors (Lipinski definition) is 7. The molecule has 1 aromatic carbocycles. The van der Waals surface area contributed by atoms with Crippen molar-refractivity contribution >= 4 is 5.97 Å². The minimum Gasteiger partial charge on any atom is -0.508 e. The van der Waals surface area contributed by atoms with E-state index in [2.05, 4.69) is 0 Å². The Morgan fingerprint density at radius 3 is 2.74 bits per heavy atom. The summed E-state index contributed by atoms with van der Waals surface area (Å²) in [6.07, 6.45) is -4.22. The van der Waals surface area contributed by atoms with E-state index in [0.717, 1.165) is 0 Å². The molecule has 0 amide bonds. The van der Waals surface area contributed by atoms with Crippen molar-refractivity contribution in [3.8, 4) is 5.75 Å². The number of benzene rings is 1. The largest absolute Gasteiger partial charge is 0.508 e. The van der Waals surface area contributed by atoms with Crippen LogP contribution >= 0.6 is 0 Å². The van der Waals surface area contributed by atoms with Crippen LogP contribution in [0.4, 0.5) is 0 Å². The summed E-state index contributed by atoms with van der Waals surface area (Å²) in [6.45, 7) is 1.56. The molecular formula is C16H18O7. The maximum atomic E-state index is 12.0. The van der Waals surface area contributed by atoms with Gasteiger partial charge in [0.1, 0.15) is 18.0 Å². The van der Waals surface area contributed by atoms with Gasteiger partial charge in [-0.3, -0.25) is 4.79 Å². The second-order valence-corrected chi connectivity index (χ2v) is 6.58. The molecule has 4 N–H and O–H groups in total. The van der Waals surface area contributed by atoms with Gasteiger partial charge in [0.05, 0.1) is 18.6 Å². The third kappa shape index (κ3) is 1.60. The van der Waals surface area contributed by atoms with Crippen molar-refractivity contribution < 1.29 is 34.7 Å². The van der Waals surface area contributed by atoms with Crippen LogP contribution in [0.1, 0.15) is 43.1 Å². The SMILES string of the molecule is CC1OC2CC(=O)OC3(C2)C(O)c2cccc(O)c2C(O)C13O. The highest BCUT2D eigenvalue weighted by Crippen LogP contribution is 2.60. The lowest BCUT2D eigenvalue weighted by Crippen LogP contribution is -2.75. The van der Waals surface area contributed by atoms with Crippen LogP contribution in [0.3, 0.4) is 0 Å². The summed E-state index contributed by atoms with van der Waals surface area (Å²) in [6, 6.07) is 4.42. The summed E-state index contributed by atoms with van der Waals surface area (Å²) in [5, 5.41) is 43.0. The molecule has 23 heavy (non-hydrogen) atoms. The number of rotatable bonds is 0. The van der Waals surface area contributed by atoms with Gasteiger partial charge in [-0.15, -0.1) is 0 Å². The van der Waals surface area contributed by atoms with E-state index >= 15 is 0 Å². The van der Waals surface area contributed by atoms with E-state index in [9.17, 15) is 25.2 Å². The third-order valence-electron chi connectivity index (χ3n) is 5.46. The molecule has 0 radical (unpaired) electrons. The molecule has 6 atom stereocenters. The van der Waals surface area contributed by atoms with Gasteiger partial charge in [-0.25, -0.2) is 0 Å². The zero-order valence-corrected chi connectivity index (χ0v) is 12.5. The molecular weight excluding hydrogens is 304 g/mol. The van der Waals surface area contributed by atoms with Crippen LogP contribution in [0.15, 0.2) is 18.2 Å². The summed E-state index contributed by atoms with van der Waals surface area (Å²) in [5.74, 6) is -0.838. The van der Waals surface area contributed by atoms with Gasteiger partial charge in [-0.05, 0) is 18.6 Å². The van der Waals surface area contributed by atoms with E-state index < -0.39 is 41.6 Å². The molecule has 2 saturated heterocycles. The van der Waals surface area contributed by atoms with Gasteiger partial charge in [-0.2, -0.15) is 0 Å². The Morgan fingerprint density at radius 2 is 2.00 bits per heavy atom. The Labute approximate surface area is 132 Å². The van der Waals surface area contributed by atoms with Crippen molar-refractivity contribution in [2.45, 2.75) is 55.4 Å². The first-order valence-electron chi connectivity index (χ1n) is 7.59. The molecule has 2 fully saturated rings. The topological polar surface area (TPSA) is 116 Å². The highest BCUT2D eigenvalue weighted by Gasteiger charge is 2.72. The highest BCUT2D eigenvalue weighted by molar-refractivity contribution is 5.72. The van der Waals surface area contributed by atoms with Crippen molar-refractivity contribution in [2.24, 2.45) is 0 Å². The summed E-state index contributed by atoms with van der Waals surface area (Å²) < 4.78 is 11.1. The number of aromatic hydroxyl groups is 1. The second kappa shape index (κ2) is 4.45. The third-order valence-corrected chi connectivity index (χ3v) is 5.46. The smallest absolute Gasteiger partial charge is 0.309 e. The first-order valence-corrected chi connectivity index (χ1v) is 7.59. The molecule has 6 unspecified atom stereocenters. The number of carbonyl (C=O) groups is 1. The number of aliphatic hydroxyl groups excluding tert-OH is 2. The van der Waals surface area contributed by atoms with Crippen molar-refractivity contribution in [3.63, 3.8) is 0 Å². The van der Waals surface area contributed by atoms with E-state index in [0.29, 0.717) is 0 Å². The molecule has 2 aliphatic heterocycles. The van der Waals surface area contributed by atoms with Crippen LogP contribution < -0.4 is 0 Å². The number of ether oxygens (including phenoxy) is 2. The number of carbonyl (C=O) groups excluding carboxylic acids is 1. The van der Waals surface area contributed by atoms with Gasteiger partial charge in [-0.1, -0.05) is 12.1 Å². The van der Waals surface area contributed by atoms with Gasteiger partial charge in [0.25, 0.3) is 0 Å². The van der Waals surface area contributed by atoms with Crippen LogP contribution in [0.5, 0.6) is 5.75 Å². The fraction of sp³-hybridized carbons (Fsp3) is 0.562. The highest BCUT2D eigenvalue weighted by atomic mass is 16.6. The summed E-state index contributed by atoms with van der Waals surface area (Å²) in [5.41, 5.74) is -3.50. The second-order valence-electron chi connectivity index (χ2n) is 6.58. The van der Waals surface area contributed by atoms with Crippen molar-refractivity contribution in [3.05, 3.63) is 29.3 Å². The maximum absolute atomic E-state index is 12.0. The van der Waals surface area contributed by atoms with Gasteiger partial charge in [0, 0.05) is 12.0 Å². The Kier molecular flexibility index (Phi) is 2.88. The van der Waals surface area contributed by atoms with E-state index in [1.807, 2.05) is 0 Å². The number of hydrogen-bond donors (Lipinski definition) is 4. The average molecular weight is 322 g/mol. The van der Waals surface area contributed by atoms with Gasteiger partial charge < -0.3 is 29.9 Å². The quantitative estimate of drug-likeness (QED) is 0.499. The van der Waals surface area contributed by atoms with E-state index in [4.69, 9.17) is 9.47 Å². The van der Waals surface area contributed by atoms with Crippen molar-refractivity contribution in [2.75, 3.05) is 0 Å². The number of esters is 1. The van der Waals surface area contributed by atoms with Crippen LogP contribution in [-0.2, 0) is 14.3 Å². The van der Waals surface area contributed by atoms with Crippen molar-refractivity contribution in [1.29, 1.82) is 0 Å². The molecule has 3 aliphatic rings. The van der Waals surface area contributed by atoms with Crippen LogP contribution in [-0.4, -0.2) is 49.8 Å². The first-order chi connectivity index (χ1) is 10.8. The number of aliphatic hydroxyl groups is 3.